The average molecular weight is 526 g/mol. The lowest BCUT2D eigenvalue weighted by Crippen LogP contribution is -2.57. The van der Waals surface area contributed by atoms with Gasteiger partial charge in [-0.15, -0.1) is 0 Å². The predicted octanol–water partition coefficient (Wildman–Crippen LogP) is 4.64. The Bertz CT molecular complexity index is 1140. The number of likely N-dealkylation sites (tertiary alicyclic amines) is 1. The number of benzene rings is 1. The van der Waals surface area contributed by atoms with E-state index in [2.05, 4.69) is 10.3 Å². The second-order valence-electron chi connectivity index (χ2n) is 13.0. The van der Waals surface area contributed by atoms with Crippen LogP contribution in [0.15, 0.2) is 35.1 Å². The summed E-state index contributed by atoms with van der Waals surface area (Å²) in [4.78, 5) is 45.5. The van der Waals surface area contributed by atoms with Crippen molar-refractivity contribution in [3.8, 4) is 11.3 Å². The molecule has 2 aromatic rings. The minimum Gasteiger partial charge on any atom is -0.443 e. The Balaban J connectivity index is 1.72. The highest BCUT2D eigenvalue weighted by Crippen LogP contribution is 2.31. The lowest BCUT2D eigenvalue weighted by atomic mass is 9.84. The van der Waals surface area contributed by atoms with Gasteiger partial charge >= 0.3 is 0 Å². The lowest BCUT2D eigenvalue weighted by molar-refractivity contribution is -0.143. The van der Waals surface area contributed by atoms with Crippen molar-refractivity contribution < 1.29 is 23.9 Å². The van der Waals surface area contributed by atoms with Crippen LogP contribution in [0.1, 0.15) is 84.9 Å². The van der Waals surface area contributed by atoms with E-state index < -0.39 is 23.6 Å². The first-order chi connectivity index (χ1) is 17.6. The molecule has 2 heterocycles. The zero-order valence-corrected chi connectivity index (χ0v) is 24.0. The van der Waals surface area contributed by atoms with Crippen molar-refractivity contribution in [1.82, 2.24) is 15.2 Å². The molecule has 208 valence electrons. The number of aliphatic hydroxyl groups excluding tert-OH is 1. The molecule has 2 amide bonds. The molecule has 4 unspecified atom stereocenters. The number of aryl methyl sites for hydroxylation is 1. The molecular formula is C30H43N3O5. The van der Waals surface area contributed by atoms with Gasteiger partial charge < -0.3 is 19.7 Å². The highest BCUT2D eigenvalue weighted by Gasteiger charge is 2.44. The van der Waals surface area contributed by atoms with E-state index in [-0.39, 0.29) is 54.7 Å². The topological polar surface area (TPSA) is 113 Å². The van der Waals surface area contributed by atoms with Crippen LogP contribution in [0, 0.1) is 17.8 Å². The molecule has 1 aromatic carbocycles. The number of amides is 2. The number of nitrogens with one attached hydrogen (secondary N) is 1. The molecule has 2 N–H and O–H groups in total. The summed E-state index contributed by atoms with van der Waals surface area (Å²) in [5, 5.41) is 13.4. The Morgan fingerprint density at radius 1 is 1.13 bits per heavy atom. The Labute approximate surface area is 226 Å². The van der Waals surface area contributed by atoms with Crippen LogP contribution in [-0.2, 0) is 14.4 Å². The van der Waals surface area contributed by atoms with Crippen LogP contribution in [-0.4, -0.2) is 57.3 Å². The quantitative estimate of drug-likeness (QED) is 0.519. The number of hydrogen-bond donors (Lipinski definition) is 2. The van der Waals surface area contributed by atoms with Gasteiger partial charge in [0.05, 0.1) is 17.8 Å². The number of Topliss-reactive ketones (excluding diaryl/α,β-unsaturated/α-hetero) is 1. The van der Waals surface area contributed by atoms with Gasteiger partial charge in [0, 0.05) is 31.4 Å². The van der Waals surface area contributed by atoms with Gasteiger partial charge in [-0.05, 0) is 29.2 Å². The van der Waals surface area contributed by atoms with Gasteiger partial charge in [-0.25, -0.2) is 4.98 Å². The van der Waals surface area contributed by atoms with Gasteiger partial charge in [0.15, 0.2) is 17.9 Å². The van der Waals surface area contributed by atoms with E-state index in [4.69, 9.17) is 4.42 Å². The molecule has 0 spiro atoms. The molecule has 0 bridgehead atoms. The third-order valence-corrected chi connectivity index (χ3v) is 7.04. The highest BCUT2D eigenvalue weighted by atomic mass is 16.3. The summed E-state index contributed by atoms with van der Waals surface area (Å²) >= 11 is 0. The summed E-state index contributed by atoms with van der Waals surface area (Å²) in [6.07, 6.45) is 1.36. The Morgan fingerprint density at radius 3 is 2.29 bits per heavy atom. The van der Waals surface area contributed by atoms with Crippen LogP contribution in [0.3, 0.4) is 0 Å². The second kappa shape index (κ2) is 11.4. The molecule has 1 aliphatic heterocycles. The van der Waals surface area contributed by atoms with E-state index in [1.54, 1.807) is 0 Å². The number of carbonyl (C=O) groups is 3. The van der Waals surface area contributed by atoms with Crippen molar-refractivity contribution in [3.05, 3.63) is 41.9 Å². The van der Waals surface area contributed by atoms with Crippen molar-refractivity contribution in [3.63, 3.8) is 0 Å². The van der Waals surface area contributed by atoms with Crippen LogP contribution in [0.5, 0.6) is 0 Å². The Kier molecular flexibility index (Phi) is 8.86. The SMILES string of the molecule is Cc1ncoc1-c1ccc(C(C)CC(=O)C2CC(O)CN2C(=O)C(NC(=O)CC(C)(C)C)C(C)(C)C)cc1. The second-order valence-corrected chi connectivity index (χ2v) is 13.0. The summed E-state index contributed by atoms with van der Waals surface area (Å²) in [5.41, 5.74) is 1.94. The van der Waals surface area contributed by atoms with Crippen molar-refractivity contribution >= 4 is 17.6 Å². The summed E-state index contributed by atoms with van der Waals surface area (Å²) in [7, 11) is 0. The number of nitrogens with zero attached hydrogens (tertiary/aromatic N) is 2. The van der Waals surface area contributed by atoms with E-state index in [0.717, 1.165) is 22.6 Å². The molecule has 1 aromatic heterocycles. The van der Waals surface area contributed by atoms with Gasteiger partial charge in [0.25, 0.3) is 0 Å². The number of oxazole rings is 1. The van der Waals surface area contributed by atoms with Gasteiger partial charge in [-0.1, -0.05) is 72.7 Å². The predicted molar refractivity (Wildman–Crippen MR) is 146 cm³/mol. The fraction of sp³-hybridized carbons (Fsp3) is 0.600. The molecule has 8 heteroatoms. The molecule has 1 aliphatic rings. The molecule has 1 saturated heterocycles. The highest BCUT2D eigenvalue weighted by molar-refractivity contribution is 5.94. The smallest absolute Gasteiger partial charge is 0.246 e. The fourth-order valence-corrected chi connectivity index (χ4v) is 4.97. The molecule has 3 rings (SSSR count). The van der Waals surface area contributed by atoms with E-state index in [1.807, 2.05) is 79.7 Å². The van der Waals surface area contributed by atoms with Crippen LogP contribution in [0.2, 0.25) is 0 Å². The first-order valence-electron chi connectivity index (χ1n) is 13.4. The number of β-amino-alcohol motifs (C(OH)–C–C–N with tert-alkyl or cyclic N) is 1. The number of rotatable bonds is 8. The fourth-order valence-electron chi connectivity index (χ4n) is 4.97. The van der Waals surface area contributed by atoms with E-state index in [9.17, 15) is 19.5 Å². The number of aliphatic hydroxyl groups is 1. The third kappa shape index (κ3) is 7.31. The van der Waals surface area contributed by atoms with Crippen LogP contribution < -0.4 is 5.32 Å². The van der Waals surface area contributed by atoms with Crippen LogP contribution >= 0.6 is 0 Å². The van der Waals surface area contributed by atoms with E-state index in [1.165, 1.54) is 11.3 Å². The number of carbonyl (C=O) groups excluding carboxylic acids is 3. The van der Waals surface area contributed by atoms with E-state index >= 15 is 0 Å². The summed E-state index contributed by atoms with van der Waals surface area (Å²) < 4.78 is 5.47. The maximum atomic E-state index is 13.7. The standard InChI is InChI=1S/C30H43N3O5/c1-18(20-9-11-21(12-10-20)26-19(2)31-17-38-26)13-24(35)23-14-22(34)16-33(23)28(37)27(30(6,7)8)32-25(36)15-29(3,4)5/h9-12,17-18,22-23,27,34H,13-16H2,1-8H3,(H,32,36). The van der Waals surface area contributed by atoms with Crippen LogP contribution in [0.4, 0.5) is 0 Å². The Hall–Kier alpha value is -3.00. The van der Waals surface area contributed by atoms with Gasteiger partial charge in [-0.2, -0.15) is 0 Å². The van der Waals surface area contributed by atoms with Gasteiger partial charge in [-0.3, -0.25) is 14.4 Å². The maximum absolute atomic E-state index is 13.7. The number of hydrogen-bond acceptors (Lipinski definition) is 6. The summed E-state index contributed by atoms with van der Waals surface area (Å²) in [5.74, 6) is 0.0238. The lowest BCUT2D eigenvalue weighted by Gasteiger charge is -2.36. The molecule has 1 fully saturated rings. The van der Waals surface area contributed by atoms with Crippen molar-refractivity contribution in [1.29, 1.82) is 0 Å². The zero-order chi connectivity index (χ0) is 28.4. The molecular weight excluding hydrogens is 482 g/mol. The molecule has 0 saturated carbocycles. The molecule has 4 atom stereocenters. The minimum absolute atomic E-state index is 0.0769. The normalized spacial score (nSPS) is 19.8. The van der Waals surface area contributed by atoms with Crippen LogP contribution in [0.25, 0.3) is 11.3 Å². The van der Waals surface area contributed by atoms with Crippen molar-refractivity contribution in [2.24, 2.45) is 10.8 Å². The minimum atomic E-state index is -0.803. The molecule has 38 heavy (non-hydrogen) atoms. The largest absolute Gasteiger partial charge is 0.443 e. The zero-order valence-electron chi connectivity index (χ0n) is 24.0. The number of ketones is 1. The van der Waals surface area contributed by atoms with E-state index in [0.29, 0.717) is 0 Å². The first kappa shape index (κ1) is 29.6. The average Bonchev–Trinajstić information content (AvgIpc) is 3.40. The first-order valence-corrected chi connectivity index (χ1v) is 13.4. The molecule has 8 nitrogen and oxygen atoms in total. The van der Waals surface area contributed by atoms with Gasteiger partial charge in [0.2, 0.25) is 11.8 Å². The Morgan fingerprint density at radius 2 is 1.76 bits per heavy atom. The monoisotopic (exact) mass is 525 g/mol. The van der Waals surface area contributed by atoms with Gasteiger partial charge in [0.1, 0.15) is 6.04 Å². The summed E-state index contributed by atoms with van der Waals surface area (Å²) in [6, 6.07) is 6.33. The summed E-state index contributed by atoms with van der Waals surface area (Å²) in [6.45, 7) is 15.5. The van der Waals surface area contributed by atoms with Crippen molar-refractivity contribution in [2.45, 2.75) is 98.8 Å². The number of aromatic nitrogens is 1. The molecule has 0 aliphatic carbocycles. The molecule has 0 radical (unpaired) electrons. The third-order valence-electron chi connectivity index (χ3n) is 7.04. The maximum Gasteiger partial charge on any atom is 0.246 e. The van der Waals surface area contributed by atoms with Crippen molar-refractivity contribution in [2.75, 3.05) is 6.54 Å².